The Labute approximate surface area is 249 Å². The van der Waals surface area contributed by atoms with E-state index in [9.17, 15) is 0 Å². The van der Waals surface area contributed by atoms with Crippen LogP contribution in [0, 0.1) is 11.3 Å². The molecule has 1 fully saturated rings. The summed E-state index contributed by atoms with van der Waals surface area (Å²) >= 11 is 0. The second-order valence-electron chi connectivity index (χ2n) is 11.6. The number of hydrogen-bond acceptors (Lipinski definition) is 1. The molecule has 0 aliphatic carbocycles. The molecule has 8 heteroatoms. The van der Waals surface area contributed by atoms with Gasteiger partial charge in [0.1, 0.15) is 0 Å². The first-order valence-corrected chi connectivity index (χ1v) is 12.7. The van der Waals surface area contributed by atoms with E-state index in [1.807, 2.05) is 11.9 Å². The number of quaternary nitrogens is 1. The van der Waals surface area contributed by atoms with Crippen LogP contribution in [-0.2, 0) is 12.8 Å². The van der Waals surface area contributed by atoms with Crippen molar-refractivity contribution in [3.63, 3.8) is 0 Å². The molecule has 1 aliphatic heterocycles. The SMILES string of the molecule is CC(CC[N+]1(C)CCCC1)CN=C(N)N=C(N)N(C)CCc1cccc(CCC(C)(C)C)c1.[I-].[I-]. The fourth-order valence-corrected chi connectivity index (χ4v) is 4.30. The lowest BCUT2D eigenvalue weighted by Gasteiger charge is -2.30. The van der Waals surface area contributed by atoms with E-state index in [1.54, 1.807) is 0 Å². The molecule has 202 valence electrons. The molecule has 0 bridgehead atoms. The molecule has 0 radical (unpaired) electrons. The fraction of sp³-hybridized carbons (Fsp3) is 0.704. The largest absolute Gasteiger partial charge is 1.00 e. The van der Waals surface area contributed by atoms with Gasteiger partial charge in [0.25, 0.3) is 0 Å². The van der Waals surface area contributed by atoms with Crippen molar-refractivity contribution in [2.45, 2.75) is 66.2 Å². The summed E-state index contributed by atoms with van der Waals surface area (Å²) < 4.78 is 1.21. The van der Waals surface area contributed by atoms with Crippen LogP contribution in [-0.4, -0.2) is 68.1 Å². The number of nitrogens with zero attached hydrogens (tertiary/aromatic N) is 4. The molecule has 0 aromatic heterocycles. The van der Waals surface area contributed by atoms with Crippen LogP contribution >= 0.6 is 0 Å². The van der Waals surface area contributed by atoms with Crippen LogP contribution in [0.1, 0.15) is 64.5 Å². The van der Waals surface area contributed by atoms with Gasteiger partial charge in [-0.2, -0.15) is 4.99 Å². The van der Waals surface area contributed by atoms with E-state index in [0.29, 0.717) is 23.8 Å². The van der Waals surface area contributed by atoms with Crippen LogP contribution in [0.15, 0.2) is 34.3 Å². The summed E-state index contributed by atoms with van der Waals surface area (Å²) in [5.74, 6) is 1.19. The van der Waals surface area contributed by atoms with Crippen molar-refractivity contribution in [3.8, 4) is 0 Å². The third-order valence-electron chi connectivity index (χ3n) is 6.88. The summed E-state index contributed by atoms with van der Waals surface area (Å²) in [4.78, 5) is 10.8. The van der Waals surface area contributed by atoms with Crippen LogP contribution in [0.2, 0.25) is 0 Å². The molecule has 1 atom stereocenters. The van der Waals surface area contributed by atoms with E-state index >= 15 is 0 Å². The first kappa shape index (κ1) is 34.4. The highest BCUT2D eigenvalue weighted by molar-refractivity contribution is 5.93. The number of aryl methyl sites for hydroxylation is 1. The zero-order valence-electron chi connectivity index (χ0n) is 22.9. The normalized spacial score (nSPS) is 16.9. The zero-order chi connectivity index (χ0) is 24.5. The Morgan fingerprint density at radius 3 is 2.29 bits per heavy atom. The summed E-state index contributed by atoms with van der Waals surface area (Å²) in [6.45, 7) is 14.5. The second-order valence-corrected chi connectivity index (χ2v) is 11.6. The standard InChI is InChI=1S/C27H49N6.2HI/c1-22(14-19-33(6)17-7-8-18-33)21-30-25(28)31-26(29)32(5)16-13-24-11-9-10-23(20-24)12-15-27(2,3)4;;/h9-11,20,22H,7-8,12-19,21H2,1-6H3,(H4,28,29,30,31);2*1H/q+1;;/p-2. The van der Waals surface area contributed by atoms with Gasteiger partial charge in [0.05, 0.1) is 26.7 Å². The quantitative estimate of drug-likeness (QED) is 0.128. The Balaban J connectivity index is 0.00000578. The Morgan fingerprint density at radius 1 is 1.09 bits per heavy atom. The van der Waals surface area contributed by atoms with Crippen LogP contribution in [0.25, 0.3) is 0 Å². The van der Waals surface area contributed by atoms with Crippen molar-refractivity contribution >= 4 is 11.9 Å². The van der Waals surface area contributed by atoms with Gasteiger partial charge in [-0.05, 0) is 41.7 Å². The van der Waals surface area contributed by atoms with Gasteiger partial charge in [-0.3, -0.25) is 4.99 Å². The Morgan fingerprint density at radius 2 is 1.69 bits per heavy atom. The van der Waals surface area contributed by atoms with E-state index in [1.165, 1.54) is 60.9 Å². The lowest BCUT2D eigenvalue weighted by molar-refractivity contribution is -0.898. The van der Waals surface area contributed by atoms with Crippen molar-refractivity contribution in [1.82, 2.24) is 4.90 Å². The molecule has 1 heterocycles. The number of aliphatic imine (C=N–C) groups is 2. The lowest BCUT2D eigenvalue weighted by atomic mass is 9.88. The van der Waals surface area contributed by atoms with E-state index in [0.717, 1.165) is 19.4 Å². The molecular weight excluding hydrogens is 662 g/mol. The molecular formula is C27H49I2N6-. The minimum absolute atomic E-state index is 0. The van der Waals surface area contributed by atoms with Gasteiger partial charge in [-0.1, -0.05) is 52.0 Å². The molecule has 4 N–H and O–H groups in total. The van der Waals surface area contributed by atoms with Crippen LogP contribution in [0.5, 0.6) is 0 Å². The van der Waals surface area contributed by atoms with Crippen molar-refractivity contribution in [1.29, 1.82) is 0 Å². The van der Waals surface area contributed by atoms with Gasteiger partial charge in [0.15, 0.2) is 5.96 Å². The maximum atomic E-state index is 6.19. The zero-order valence-corrected chi connectivity index (χ0v) is 27.2. The number of hydrogen-bond donors (Lipinski definition) is 2. The molecule has 0 amide bonds. The van der Waals surface area contributed by atoms with Crippen molar-refractivity contribution in [3.05, 3.63) is 35.4 Å². The average Bonchev–Trinajstić information content (AvgIpc) is 3.19. The van der Waals surface area contributed by atoms with Crippen LogP contribution in [0.4, 0.5) is 0 Å². The average molecular weight is 712 g/mol. The highest BCUT2D eigenvalue weighted by Gasteiger charge is 2.26. The molecule has 2 rings (SSSR count). The lowest BCUT2D eigenvalue weighted by Crippen LogP contribution is -3.00. The highest BCUT2D eigenvalue weighted by atomic mass is 127. The second kappa shape index (κ2) is 16.3. The molecule has 0 saturated carbocycles. The first-order valence-electron chi connectivity index (χ1n) is 12.7. The van der Waals surface area contributed by atoms with Gasteiger partial charge in [0, 0.05) is 39.4 Å². The molecule has 1 aromatic carbocycles. The smallest absolute Gasteiger partial charge is 0.218 e. The fourth-order valence-electron chi connectivity index (χ4n) is 4.30. The molecule has 1 aromatic rings. The number of benzene rings is 1. The summed E-state index contributed by atoms with van der Waals surface area (Å²) in [5, 5.41) is 0. The minimum atomic E-state index is 0. The predicted octanol–water partition coefficient (Wildman–Crippen LogP) is -1.96. The summed E-state index contributed by atoms with van der Waals surface area (Å²) in [5.41, 5.74) is 15.3. The van der Waals surface area contributed by atoms with Gasteiger partial charge in [-0.15, -0.1) is 0 Å². The number of rotatable bonds is 10. The van der Waals surface area contributed by atoms with Crippen LogP contribution in [0.3, 0.4) is 0 Å². The molecule has 1 unspecified atom stereocenters. The summed E-state index contributed by atoms with van der Waals surface area (Å²) in [6, 6.07) is 8.88. The van der Waals surface area contributed by atoms with E-state index in [-0.39, 0.29) is 53.9 Å². The Bertz CT molecular complexity index is 797. The molecule has 6 nitrogen and oxygen atoms in total. The van der Waals surface area contributed by atoms with E-state index in [2.05, 4.69) is 69.0 Å². The third kappa shape index (κ3) is 14.0. The molecule has 35 heavy (non-hydrogen) atoms. The predicted molar refractivity (Wildman–Crippen MR) is 142 cm³/mol. The van der Waals surface area contributed by atoms with Crippen LogP contribution < -0.4 is 59.4 Å². The summed E-state index contributed by atoms with van der Waals surface area (Å²) in [7, 11) is 4.33. The maximum absolute atomic E-state index is 6.19. The number of likely N-dealkylation sites (N-methyl/N-ethyl adjacent to an activating group) is 1. The number of halogens is 2. The monoisotopic (exact) mass is 711 g/mol. The first-order chi connectivity index (χ1) is 15.5. The van der Waals surface area contributed by atoms with Crippen molar-refractivity contribution < 1.29 is 52.4 Å². The van der Waals surface area contributed by atoms with Gasteiger partial charge < -0.3 is 68.8 Å². The Hall–Kier alpha value is -0.620. The van der Waals surface area contributed by atoms with E-state index < -0.39 is 0 Å². The van der Waals surface area contributed by atoms with E-state index in [4.69, 9.17) is 11.5 Å². The van der Waals surface area contributed by atoms with Crippen molar-refractivity contribution in [2.75, 3.05) is 46.8 Å². The van der Waals surface area contributed by atoms with Gasteiger partial charge in [0.2, 0.25) is 5.96 Å². The third-order valence-corrected chi connectivity index (χ3v) is 6.88. The number of likely N-dealkylation sites (tertiary alicyclic amines) is 1. The van der Waals surface area contributed by atoms with Gasteiger partial charge >= 0.3 is 0 Å². The molecule has 1 aliphatic rings. The number of nitrogens with two attached hydrogens (primary N) is 2. The molecule has 1 saturated heterocycles. The highest BCUT2D eigenvalue weighted by Crippen LogP contribution is 2.22. The Kier molecular flexibility index (Phi) is 16.0. The maximum Gasteiger partial charge on any atom is 0.218 e. The minimum Gasteiger partial charge on any atom is -1.00 e. The van der Waals surface area contributed by atoms with Crippen molar-refractivity contribution in [2.24, 2.45) is 32.8 Å². The number of guanidine groups is 2. The molecule has 0 spiro atoms. The summed E-state index contributed by atoms with van der Waals surface area (Å²) in [6.07, 6.45) is 7.11. The topological polar surface area (TPSA) is 80.0 Å². The van der Waals surface area contributed by atoms with Gasteiger partial charge in [-0.25, -0.2) is 0 Å².